The van der Waals surface area contributed by atoms with Crippen molar-refractivity contribution in [2.45, 2.75) is 52.9 Å². The van der Waals surface area contributed by atoms with Crippen LogP contribution in [0.15, 0.2) is 0 Å². The lowest BCUT2D eigenvalue weighted by Crippen LogP contribution is -2.50. The van der Waals surface area contributed by atoms with E-state index in [9.17, 15) is 0 Å². The Kier molecular flexibility index (Phi) is 6.97. The van der Waals surface area contributed by atoms with Gasteiger partial charge in [0.15, 0.2) is 0 Å². The zero-order chi connectivity index (χ0) is 15.1. The van der Waals surface area contributed by atoms with Gasteiger partial charge in [0.05, 0.1) is 6.61 Å². The third-order valence-corrected chi connectivity index (χ3v) is 5.20. The Morgan fingerprint density at radius 1 is 1.29 bits per heavy atom. The fraction of sp³-hybridized carbons (Fsp3) is 1.00. The Balaban J connectivity index is 1.86. The molecule has 0 aromatic carbocycles. The van der Waals surface area contributed by atoms with Gasteiger partial charge in [-0.2, -0.15) is 0 Å². The fourth-order valence-electron chi connectivity index (χ4n) is 3.68. The van der Waals surface area contributed by atoms with Crippen molar-refractivity contribution in [2.75, 3.05) is 45.9 Å². The zero-order valence-electron chi connectivity index (χ0n) is 14.5. The van der Waals surface area contributed by atoms with Crippen molar-refractivity contribution in [3.05, 3.63) is 0 Å². The molecule has 0 aromatic heterocycles. The molecular weight excluding hydrogens is 260 g/mol. The van der Waals surface area contributed by atoms with Crippen LogP contribution in [0.2, 0.25) is 0 Å². The summed E-state index contributed by atoms with van der Waals surface area (Å²) in [6.07, 6.45) is 6.90. The molecule has 1 saturated carbocycles. The molecule has 3 heteroatoms. The maximum atomic E-state index is 5.87. The quantitative estimate of drug-likeness (QED) is 0.707. The number of nitrogens with one attached hydrogen (secondary N) is 1. The standard InChI is InChI=1S/C18H36N2O/c1-4-20(12-17-7-5-8-17)14-18(9-6-10-21-15-18)13-19-11-16(2)3/h16-17,19H,4-15H2,1-3H3. The summed E-state index contributed by atoms with van der Waals surface area (Å²) in [5.41, 5.74) is 0.340. The molecular formula is C18H36N2O. The van der Waals surface area contributed by atoms with E-state index in [1.54, 1.807) is 0 Å². The van der Waals surface area contributed by atoms with E-state index >= 15 is 0 Å². The number of nitrogens with zero attached hydrogens (tertiary/aromatic N) is 1. The second kappa shape index (κ2) is 8.50. The Morgan fingerprint density at radius 2 is 2.10 bits per heavy atom. The minimum absolute atomic E-state index is 0.340. The molecule has 0 radical (unpaired) electrons. The maximum Gasteiger partial charge on any atom is 0.0546 e. The first-order valence-electron chi connectivity index (χ1n) is 9.14. The highest BCUT2D eigenvalue weighted by Crippen LogP contribution is 2.32. The minimum Gasteiger partial charge on any atom is -0.381 e. The summed E-state index contributed by atoms with van der Waals surface area (Å²) in [6.45, 7) is 14.7. The Morgan fingerprint density at radius 3 is 2.62 bits per heavy atom. The molecule has 21 heavy (non-hydrogen) atoms. The molecule has 0 amide bonds. The zero-order valence-corrected chi connectivity index (χ0v) is 14.5. The molecule has 1 aliphatic carbocycles. The Bertz CT molecular complexity index is 283. The molecule has 0 aromatic rings. The Labute approximate surface area is 131 Å². The normalized spacial score (nSPS) is 27.3. The van der Waals surface area contributed by atoms with Gasteiger partial charge in [0, 0.05) is 31.7 Å². The lowest BCUT2D eigenvalue weighted by Gasteiger charge is -2.42. The van der Waals surface area contributed by atoms with Gasteiger partial charge < -0.3 is 15.0 Å². The number of ether oxygens (including phenoxy) is 1. The number of hydrogen-bond donors (Lipinski definition) is 1. The van der Waals surface area contributed by atoms with Crippen LogP contribution in [0.1, 0.15) is 52.9 Å². The van der Waals surface area contributed by atoms with Crippen LogP contribution in [0, 0.1) is 17.3 Å². The summed E-state index contributed by atoms with van der Waals surface area (Å²) < 4.78 is 5.87. The first-order chi connectivity index (χ1) is 10.1. The lowest BCUT2D eigenvalue weighted by molar-refractivity contribution is -0.0293. The van der Waals surface area contributed by atoms with Crippen molar-refractivity contribution in [2.24, 2.45) is 17.3 Å². The molecule has 1 atom stereocenters. The second-order valence-corrected chi connectivity index (χ2v) is 7.81. The van der Waals surface area contributed by atoms with E-state index in [-0.39, 0.29) is 0 Å². The molecule has 1 N–H and O–H groups in total. The monoisotopic (exact) mass is 296 g/mol. The van der Waals surface area contributed by atoms with E-state index < -0.39 is 0 Å². The predicted octanol–water partition coefficient (Wildman–Crippen LogP) is 3.15. The molecule has 2 rings (SSSR count). The van der Waals surface area contributed by atoms with Gasteiger partial charge in [-0.1, -0.05) is 27.2 Å². The SMILES string of the molecule is CCN(CC1CCC1)CC1(CNCC(C)C)CCCOC1. The highest BCUT2D eigenvalue weighted by Gasteiger charge is 2.35. The van der Waals surface area contributed by atoms with E-state index in [4.69, 9.17) is 4.74 Å². The summed E-state index contributed by atoms with van der Waals surface area (Å²) in [4.78, 5) is 2.69. The van der Waals surface area contributed by atoms with Crippen molar-refractivity contribution in [1.29, 1.82) is 0 Å². The summed E-state index contributed by atoms with van der Waals surface area (Å²) >= 11 is 0. The van der Waals surface area contributed by atoms with Gasteiger partial charge in [-0.15, -0.1) is 0 Å². The maximum absolute atomic E-state index is 5.87. The summed E-state index contributed by atoms with van der Waals surface area (Å²) in [6, 6.07) is 0. The smallest absolute Gasteiger partial charge is 0.0546 e. The highest BCUT2D eigenvalue weighted by molar-refractivity contribution is 4.88. The van der Waals surface area contributed by atoms with Crippen molar-refractivity contribution < 1.29 is 4.74 Å². The van der Waals surface area contributed by atoms with Crippen molar-refractivity contribution in [3.63, 3.8) is 0 Å². The summed E-state index contributed by atoms with van der Waals surface area (Å²) in [7, 11) is 0. The van der Waals surface area contributed by atoms with Gasteiger partial charge >= 0.3 is 0 Å². The molecule has 2 fully saturated rings. The van der Waals surface area contributed by atoms with Gasteiger partial charge in [0.2, 0.25) is 0 Å². The van der Waals surface area contributed by atoms with Crippen LogP contribution in [0.25, 0.3) is 0 Å². The molecule has 124 valence electrons. The molecule has 0 spiro atoms. The van der Waals surface area contributed by atoms with Gasteiger partial charge in [0.1, 0.15) is 0 Å². The number of rotatable bonds is 9. The highest BCUT2D eigenvalue weighted by atomic mass is 16.5. The average molecular weight is 296 g/mol. The topological polar surface area (TPSA) is 24.5 Å². The Hall–Kier alpha value is -0.120. The second-order valence-electron chi connectivity index (χ2n) is 7.81. The first-order valence-corrected chi connectivity index (χ1v) is 9.14. The van der Waals surface area contributed by atoms with E-state index in [2.05, 4.69) is 31.0 Å². The van der Waals surface area contributed by atoms with E-state index in [1.807, 2.05) is 0 Å². The molecule has 0 bridgehead atoms. The van der Waals surface area contributed by atoms with Gasteiger partial charge in [-0.25, -0.2) is 0 Å². The van der Waals surface area contributed by atoms with Crippen LogP contribution in [-0.2, 0) is 4.74 Å². The van der Waals surface area contributed by atoms with Gasteiger partial charge in [-0.3, -0.25) is 0 Å². The average Bonchev–Trinajstić information content (AvgIpc) is 2.42. The minimum atomic E-state index is 0.340. The molecule has 1 heterocycles. The van der Waals surface area contributed by atoms with Gasteiger partial charge in [0.25, 0.3) is 0 Å². The van der Waals surface area contributed by atoms with E-state index in [0.29, 0.717) is 5.41 Å². The molecule has 1 unspecified atom stereocenters. The van der Waals surface area contributed by atoms with E-state index in [1.165, 1.54) is 51.7 Å². The molecule has 1 saturated heterocycles. The summed E-state index contributed by atoms with van der Waals surface area (Å²) in [5.74, 6) is 1.69. The molecule has 1 aliphatic heterocycles. The van der Waals surface area contributed by atoms with E-state index in [0.717, 1.165) is 38.1 Å². The summed E-state index contributed by atoms with van der Waals surface area (Å²) in [5, 5.41) is 3.70. The predicted molar refractivity (Wildman–Crippen MR) is 89.6 cm³/mol. The lowest BCUT2D eigenvalue weighted by atomic mass is 9.80. The number of hydrogen-bond acceptors (Lipinski definition) is 3. The van der Waals surface area contributed by atoms with Crippen molar-refractivity contribution in [3.8, 4) is 0 Å². The fourth-order valence-corrected chi connectivity index (χ4v) is 3.68. The van der Waals surface area contributed by atoms with Crippen LogP contribution in [0.5, 0.6) is 0 Å². The molecule has 3 nitrogen and oxygen atoms in total. The van der Waals surface area contributed by atoms with Crippen LogP contribution >= 0.6 is 0 Å². The first kappa shape index (κ1) is 17.2. The third-order valence-electron chi connectivity index (χ3n) is 5.20. The van der Waals surface area contributed by atoms with Crippen LogP contribution in [-0.4, -0.2) is 50.8 Å². The van der Waals surface area contributed by atoms with Crippen LogP contribution in [0.4, 0.5) is 0 Å². The van der Waals surface area contributed by atoms with Crippen LogP contribution < -0.4 is 5.32 Å². The van der Waals surface area contributed by atoms with Crippen LogP contribution in [0.3, 0.4) is 0 Å². The van der Waals surface area contributed by atoms with Crippen molar-refractivity contribution in [1.82, 2.24) is 10.2 Å². The third kappa shape index (κ3) is 5.54. The van der Waals surface area contributed by atoms with Crippen molar-refractivity contribution >= 4 is 0 Å². The van der Waals surface area contributed by atoms with Gasteiger partial charge in [-0.05, 0) is 50.6 Å². The largest absolute Gasteiger partial charge is 0.381 e. The molecule has 2 aliphatic rings.